The molecule has 104 valence electrons. The number of amides is 1. The number of nitrogens with two attached hydrogens (primary N) is 1. The fraction of sp³-hybridized carbons (Fsp3) is 0.154. The van der Waals surface area contributed by atoms with E-state index < -0.39 is 18.0 Å². The highest BCUT2D eigenvalue weighted by Gasteiger charge is 2.19. The average Bonchev–Trinajstić information content (AvgIpc) is 2.89. The smallest absolute Gasteiger partial charge is 0.358 e. The number of ether oxygens (including phenoxy) is 1. The number of carbonyl (C=O) groups excluding carboxylic acids is 2. The summed E-state index contributed by atoms with van der Waals surface area (Å²) in [6, 6.07) is 5.75. The zero-order valence-corrected chi connectivity index (χ0v) is 11.3. The molecule has 0 unspecified atom stereocenters. The first-order valence-corrected chi connectivity index (χ1v) is 6.57. The van der Waals surface area contributed by atoms with Gasteiger partial charge < -0.3 is 10.5 Å². The van der Waals surface area contributed by atoms with Gasteiger partial charge in [-0.1, -0.05) is 0 Å². The molecule has 2 rings (SSSR count). The van der Waals surface area contributed by atoms with Gasteiger partial charge in [-0.15, -0.1) is 11.3 Å². The molecule has 20 heavy (non-hydrogen) atoms. The van der Waals surface area contributed by atoms with Crippen LogP contribution in [-0.4, -0.2) is 23.0 Å². The average molecular weight is 294 g/mol. The molecule has 1 aromatic heterocycles. The second-order valence-corrected chi connectivity index (χ2v) is 4.85. The number of benzene rings is 1. The maximum absolute atomic E-state index is 12.8. The van der Waals surface area contributed by atoms with Gasteiger partial charge in [0.25, 0.3) is 5.91 Å². The zero-order valence-electron chi connectivity index (χ0n) is 10.5. The van der Waals surface area contributed by atoms with Gasteiger partial charge in [0, 0.05) is 10.9 Å². The maximum atomic E-state index is 12.8. The lowest BCUT2D eigenvalue weighted by Gasteiger charge is -2.07. The second-order valence-electron chi connectivity index (χ2n) is 3.99. The van der Waals surface area contributed by atoms with Crippen molar-refractivity contribution in [3.63, 3.8) is 0 Å². The van der Waals surface area contributed by atoms with Gasteiger partial charge in [0.15, 0.2) is 11.8 Å². The highest BCUT2D eigenvalue weighted by atomic mass is 32.1. The molecule has 0 aliphatic carbocycles. The molecule has 0 bridgehead atoms. The molecule has 0 saturated heterocycles. The van der Waals surface area contributed by atoms with Gasteiger partial charge >= 0.3 is 5.97 Å². The Bertz CT molecular complexity index is 639. The first-order chi connectivity index (χ1) is 9.47. The molecule has 0 fully saturated rings. The minimum Gasteiger partial charge on any atom is -0.448 e. The quantitative estimate of drug-likeness (QED) is 0.874. The summed E-state index contributed by atoms with van der Waals surface area (Å²) in [5.41, 5.74) is 5.78. The fourth-order valence-electron chi connectivity index (χ4n) is 1.37. The lowest BCUT2D eigenvalue weighted by atomic mass is 10.2. The number of halogens is 1. The Morgan fingerprint density at radius 2 is 2.00 bits per heavy atom. The second kappa shape index (κ2) is 5.79. The third-order valence-electron chi connectivity index (χ3n) is 2.49. The summed E-state index contributed by atoms with van der Waals surface area (Å²) in [6.45, 7) is 1.38. The summed E-state index contributed by atoms with van der Waals surface area (Å²) in [5, 5.41) is 2.07. The molecule has 2 N–H and O–H groups in total. The van der Waals surface area contributed by atoms with Crippen molar-refractivity contribution < 1.29 is 18.7 Å². The monoisotopic (exact) mass is 294 g/mol. The molecule has 0 radical (unpaired) electrons. The standard InChI is InChI=1S/C13H11FN2O3S/c1-7(11(15)17)19-13(18)10-6-20-12(16-10)8-2-4-9(14)5-3-8/h2-7H,1H3,(H2,15,17)/t7-/m1/s1. The van der Waals surface area contributed by atoms with Crippen LogP contribution >= 0.6 is 11.3 Å². The highest BCUT2D eigenvalue weighted by molar-refractivity contribution is 7.13. The van der Waals surface area contributed by atoms with E-state index in [0.717, 1.165) is 0 Å². The van der Waals surface area contributed by atoms with Crippen molar-refractivity contribution in [2.75, 3.05) is 0 Å². The number of hydrogen-bond donors (Lipinski definition) is 1. The summed E-state index contributed by atoms with van der Waals surface area (Å²) in [6.07, 6.45) is -1.02. The number of esters is 1. The Balaban J connectivity index is 2.14. The van der Waals surface area contributed by atoms with Crippen molar-refractivity contribution in [1.82, 2.24) is 4.98 Å². The first-order valence-electron chi connectivity index (χ1n) is 5.69. The third-order valence-corrected chi connectivity index (χ3v) is 3.38. The minimum absolute atomic E-state index is 0.0856. The van der Waals surface area contributed by atoms with E-state index in [0.29, 0.717) is 10.6 Å². The van der Waals surface area contributed by atoms with Crippen molar-refractivity contribution in [2.45, 2.75) is 13.0 Å². The summed E-state index contributed by atoms with van der Waals surface area (Å²) < 4.78 is 17.7. The Morgan fingerprint density at radius 1 is 1.35 bits per heavy atom. The maximum Gasteiger partial charge on any atom is 0.358 e. The number of hydrogen-bond acceptors (Lipinski definition) is 5. The van der Waals surface area contributed by atoms with Crippen LogP contribution in [0.1, 0.15) is 17.4 Å². The van der Waals surface area contributed by atoms with Crippen LogP contribution in [0.25, 0.3) is 10.6 Å². The van der Waals surface area contributed by atoms with Gasteiger partial charge in [-0.25, -0.2) is 14.2 Å². The molecule has 2 aromatic rings. The third kappa shape index (κ3) is 3.18. The highest BCUT2D eigenvalue weighted by Crippen LogP contribution is 2.24. The zero-order chi connectivity index (χ0) is 14.7. The number of thiazole rings is 1. The van der Waals surface area contributed by atoms with E-state index in [1.807, 2.05) is 0 Å². The summed E-state index contributed by atoms with van der Waals surface area (Å²) >= 11 is 1.22. The Labute approximate surface area is 118 Å². The van der Waals surface area contributed by atoms with Crippen molar-refractivity contribution in [1.29, 1.82) is 0 Å². The number of primary amides is 1. The van der Waals surface area contributed by atoms with Crippen molar-refractivity contribution in [2.24, 2.45) is 5.73 Å². The lowest BCUT2D eigenvalue weighted by molar-refractivity contribution is -0.125. The van der Waals surface area contributed by atoms with E-state index in [9.17, 15) is 14.0 Å². The van der Waals surface area contributed by atoms with Gasteiger partial charge in [0.1, 0.15) is 10.8 Å². The van der Waals surface area contributed by atoms with E-state index in [-0.39, 0.29) is 11.5 Å². The summed E-state index contributed by atoms with van der Waals surface area (Å²) in [7, 11) is 0. The van der Waals surface area contributed by atoms with E-state index in [2.05, 4.69) is 4.98 Å². The molecule has 7 heteroatoms. The lowest BCUT2D eigenvalue weighted by Crippen LogP contribution is -2.30. The van der Waals surface area contributed by atoms with Crippen LogP contribution in [0.5, 0.6) is 0 Å². The van der Waals surface area contributed by atoms with Crippen molar-refractivity contribution >= 4 is 23.2 Å². The molecule has 5 nitrogen and oxygen atoms in total. The molecule has 1 atom stereocenters. The van der Waals surface area contributed by atoms with Gasteiger partial charge in [-0.05, 0) is 31.2 Å². The van der Waals surface area contributed by atoms with Crippen LogP contribution in [0, 0.1) is 5.82 Å². The summed E-state index contributed by atoms with van der Waals surface area (Å²) in [5.74, 6) is -1.80. The SMILES string of the molecule is C[C@@H](OC(=O)c1csc(-c2ccc(F)cc2)n1)C(N)=O. The number of carbonyl (C=O) groups is 2. The molecular weight excluding hydrogens is 283 g/mol. The first kappa shape index (κ1) is 14.1. The molecule has 1 amide bonds. The van der Waals surface area contributed by atoms with Crippen LogP contribution in [0.4, 0.5) is 4.39 Å². The normalized spacial score (nSPS) is 11.9. The van der Waals surface area contributed by atoms with Gasteiger partial charge in [-0.2, -0.15) is 0 Å². The largest absolute Gasteiger partial charge is 0.448 e. The molecule has 0 spiro atoms. The van der Waals surface area contributed by atoms with Gasteiger partial charge in [-0.3, -0.25) is 4.79 Å². The molecule has 0 aliphatic rings. The van der Waals surface area contributed by atoms with Crippen molar-refractivity contribution in [3.05, 3.63) is 41.2 Å². The van der Waals surface area contributed by atoms with E-state index in [1.165, 1.54) is 35.8 Å². The van der Waals surface area contributed by atoms with Crippen LogP contribution in [-0.2, 0) is 9.53 Å². The van der Waals surface area contributed by atoms with E-state index in [4.69, 9.17) is 10.5 Å². The Hall–Kier alpha value is -2.28. The Morgan fingerprint density at radius 3 is 2.60 bits per heavy atom. The summed E-state index contributed by atoms with van der Waals surface area (Å²) in [4.78, 5) is 26.6. The molecule has 1 heterocycles. The molecule has 1 aromatic carbocycles. The van der Waals surface area contributed by atoms with Gasteiger partial charge in [0.05, 0.1) is 0 Å². The Kier molecular flexibility index (Phi) is 4.09. The molecule has 0 saturated carbocycles. The van der Waals surface area contributed by atoms with Crippen LogP contribution < -0.4 is 5.73 Å². The number of aromatic nitrogens is 1. The number of rotatable bonds is 4. The molecular formula is C13H11FN2O3S. The molecule has 0 aliphatic heterocycles. The van der Waals surface area contributed by atoms with Crippen molar-refractivity contribution in [3.8, 4) is 10.6 Å². The van der Waals surface area contributed by atoms with Crippen LogP contribution in [0.15, 0.2) is 29.6 Å². The predicted octanol–water partition coefficient (Wildman–Crippen LogP) is 1.98. The van der Waals surface area contributed by atoms with E-state index in [1.54, 1.807) is 12.1 Å². The fourth-order valence-corrected chi connectivity index (χ4v) is 2.17. The van der Waals surface area contributed by atoms with Crippen LogP contribution in [0.2, 0.25) is 0 Å². The van der Waals surface area contributed by atoms with Gasteiger partial charge in [0.2, 0.25) is 0 Å². The van der Waals surface area contributed by atoms with E-state index >= 15 is 0 Å². The number of nitrogens with zero attached hydrogens (tertiary/aromatic N) is 1. The topological polar surface area (TPSA) is 82.3 Å². The minimum atomic E-state index is -1.02. The van der Waals surface area contributed by atoms with Crippen LogP contribution in [0.3, 0.4) is 0 Å². The predicted molar refractivity (Wildman–Crippen MR) is 71.6 cm³/mol.